The Hall–Kier alpha value is -2.15. The Labute approximate surface area is 122 Å². The van der Waals surface area contributed by atoms with Gasteiger partial charge in [0.05, 0.1) is 26.9 Å². The van der Waals surface area contributed by atoms with Gasteiger partial charge in [0.1, 0.15) is 11.4 Å². The van der Waals surface area contributed by atoms with Gasteiger partial charge in [-0.05, 0) is 19.1 Å². The quantitative estimate of drug-likeness (QED) is 0.754. The van der Waals surface area contributed by atoms with Crippen LogP contribution in [-0.4, -0.2) is 56.4 Å². The molecule has 0 spiro atoms. The average Bonchev–Trinajstić information content (AvgIpc) is 2.54. The summed E-state index contributed by atoms with van der Waals surface area (Å²) in [5.74, 6) is -0.372. The molecule has 0 bridgehead atoms. The van der Waals surface area contributed by atoms with Gasteiger partial charge in [0.2, 0.25) is 0 Å². The SMILES string of the molecule is CCOC(=O)c1cccnc1N1CCOC(C(=O)OC)C1. The Kier molecular flexibility index (Phi) is 5.10. The number of ether oxygens (including phenoxy) is 3. The van der Waals surface area contributed by atoms with Crippen molar-refractivity contribution in [3.63, 3.8) is 0 Å². The van der Waals surface area contributed by atoms with Gasteiger partial charge in [-0.15, -0.1) is 0 Å². The van der Waals surface area contributed by atoms with Crippen molar-refractivity contribution < 1.29 is 23.8 Å². The first-order chi connectivity index (χ1) is 10.2. The van der Waals surface area contributed by atoms with Crippen LogP contribution in [0, 0.1) is 0 Å². The Balaban J connectivity index is 2.21. The number of anilines is 1. The number of hydrogen-bond donors (Lipinski definition) is 0. The number of methoxy groups -OCH3 is 1. The molecule has 1 aromatic rings. The van der Waals surface area contributed by atoms with Crippen LogP contribution in [0.5, 0.6) is 0 Å². The fraction of sp³-hybridized carbons (Fsp3) is 0.500. The lowest BCUT2D eigenvalue weighted by atomic mass is 10.2. The van der Waals surface area contributed by atoms with Crippen molar-refractivity contribution in [2.45, 2.75) is 13.0 Å². The summed E-state index contributed by atoms with van der Waals surface area (Å²) in [5.41, 5.74) is 0.380. The lowest BCUT2D eigenvalue weighted by Gasteiger charge is -2.33. The van der Waals surface area contributed by atoms with Gasteiger partial charge < -0.3 is 19.1 Å². The molecule has 0 N–H and O–H groups in total. The summed E-state index contributed by atoms with van der Waals surface area (Å²) >= 11 is 0. The van der Waals surface area contributed by atoms with Crippen LogP contribution in [0.4, 0.5) is 5.82 Å². The second kappa shape index (κ2) is 7.03. The van der Waals surface area contributed by atoms with Crippen molar-refractivity contribution >= 4 is 17.8 Å². The maximum absolute atomic E-state index is 12.0. The van der Waals surface area contributed by atoms with Crippen molar-refractivity contribution in [1.29, 1.82) is 0 Å². The molecule has 0 aliphatic carbocycles. The van der Waals surface area contributed by atoms with Crippen molar-refractivity contribution in [2.75, 3.05) is 38.3 Å². The third-order valence-corrected chi connectivity index (χ3v) is 3.11. The van der Waals surface area contributed by atoms with E-state index < -0.39 is 18.0 Å². The second-order valence-corrected chi connectivity index (χ2v) is 4.42. The molecule has 1 saturated heterocycles. The Morgan fingerprint density at radius 2 is 2.33 bits per heavy atom. The van der Waals surface area contributed by atoms with Crippen LogP contribution < -0.4 is 4.90 Å². The number of aromatic nitrogens is 1. The minimum absolute atomic E-state index is 0.288. The first kappa shape index (κ1) is 15.2. The zero-order valence-electron chi connectivity index (χ0n) is 12.1. The Morgan fingerprint density at radius 1 is 1.52 bits per heavy atom. The molecule has 2 heterocycles. The van der Waals surface area contributed by atoms with Crippen molar-refractivity contribution in [2.24, 2.45) is 0 Å². The van der Waals surface area contributed by atoms with E-state index in [2.05, 4.69) is 9.72 Å². The van der Waals surface area contributed by atoms with Crippen LogP contribution in [0.25, 0.3) is 0 Å². The number of carbonyl (C=O) groups is 2. The Morgan fingerprint density at radius 3 is 3.05 bits per heavy atom. The summed E-state index contributed by atoms with van der Waals surface area (Å²) in [6.45, 7) is 3.22. The molecule has 1 aliphatic heterocycles. The summed E-state index contributed by atoms with van der Waals surface area (Å²) in [7, 11) is 1.31. The standard InChI is InChI=1S/C14H18N2O5/c1-3-20-13(17)10-5-4-6-15-12(10)16-7-8-21-11(9-16)14(18)19-2/h4-6,11H,3,7-9H2,1-2H3. The molecule has 0 radical (unpaired) electrons. The van der Waals surface area contributed by atoms with Crippen LogP contribution >= 0.6 is 0 Å². The van der Waals surface area contributed by atoms with Crippen LogP contribution in [-0.2, 0) is 19.0 Å². The topological polar surface area (TPSA) is 78.0 Å². The van der Waals surface area contributed by atoms with Crippen molar-refractivity contribution in [1.82, 2.24) is 4.98 Å². The number of carbonyl (C=O) groups excluding carboxylic acids is 2. The van der Waals surface area contributed by atoms with E-state index in [-0.39, 0.29) is 6.54 Å². The summed E-state index contributed by atoms with van der Waals surface area (Å²) in [4.78, 5) is 29.6. The van der Waals surface area contributed by atoms with Gasteiger partial charge in [0, 0.05) is 12.7 Å². The largest absolute Gasteiger partial charge is 0.467 e. The first-order valence-electron chi connectivity index (χ1n) is 6.74. The van der Waals surface area contributed by atoms with Gasteiger partial charge >= 0.3 is 11.9 Å². The summed E-state index contributed by atoms with van der Waals surface area (Å²) in [6, 6.07) is 3.33. The third kappa shape index (κ3) is 3.49. The van der Waals surface area contributed by atoms with Crippen LogP contribution in [0.1, 0.15) is 17.3 Å². The molecular weight excluding hydrogens is 276 g/mol. The van der Waals surface area contributed by atoms with E-state index in [1.165, 1.54) is 7.11 Å². The third-order valence-electron chi connectivity index (χ3n) is 3.11. The predicted molar refractivity (Wildman–Crippen MR) is 74.2 cm³/mol. The van der Waals surface area contributed by atoms with E-state index in [0.29, 0.717) is 31.1 Å². The van der Waals surface area contributed by atoms with Gasteiger partial charge in [-0.3, -0.25) is 0 Å². The maximum atomic E-state index is 12.0. The molecule has 0 aromatic carbocycles. The fourth-order valence-electron chi connectivity index (χ4n) is 2.13. The molecular formula is C14H18N2O5. The van der Waals surface area contributed by atoms with E-state index >= 15 is 0 Å². The monoisotopic (exact) mass is 294 g/mol. The fourth-order valence-corrected chi connectivity index (χ4v) is 2.13. The van der Waals surface area contributed by atoms with Gasteiger partial charge in [-0.1, -0.05) is 0 Å². The zero-order valence-corrected chi connectivity index (χ0v) is 12.1. The van der Waals surface area contributed by atoms with Gasteiger partial charge in [-0.2, -0.15) is 0 Å². The lowest BCUT2D eigenvalue weighted by molar-refractivity contribution is -0.154. The van der Waals surface area contributed by atoms with Crippen LogP contribution in [0.2, 0.25) is 0 Å². The van der Waals surface area contributed by atoms with Crippen molar-refractivity contribution in [3.05, 3.63) is 23.9 Å². The molecule has 1 fully saturated rings. The Bertz CT molecular complexity index is 520. The van der Waals surface area contributed by atoms with Gasteiger partial charge in [0.25, 0.3) is 0 Å². The normalized spacial score (nSPS) is 18.2. The van der Waals surface area contributed by atoms with E-state index in [1.807, 2.05) is 4.90 Å². The van der Waals surface area contributed by atoms with Gasteiger partial charge in [-0.25, -0.2) is 14.6 Å². The molecule has 1 unspecified atom stereocenters. The summed E-state index contributed by atoms with van der Waals surface area (Å²) < 4.78 is 15.1. The minimum Gasteiger partial charge on any atom is -0.467 e. The van der Waals surface area contributed by atoms with Gasteiger partial charge in [0.15, 0.2) is 6.10 Å². The predicted octanol–water partition coefficient (Wildman–Crippen LogP) is 0.636. The number of pyridine rings is 1. The molecule has 1 aliphatic rings. The summed E-state index contributed by atoms with van der Waals surface area (Å²) in [6.07, 6.45) is 0.918. The molecule has 114 valence electrons. The van der Waals surface area contributed by atoms with E-state index in [1.54, 1.807) is 25.3 Å². The number of hydrogen-bond acceptors (Lipinski definition) is 7. The molecule has 1 aromatic heterocycles. The highest BCUT2D eigenvalue weighted by Gasteiger charge is 2.30. The smallest absolute Gasteiger partial charge is 0.341 e. The molecule has 2 rings (SSSR count). The molecule has 0 amide bonds. The van der Waals surface area contributed by atoms with E-state index in [4.69, 9.17) is 9.47 Å². The second-order valence-electron chi connectivity index (χ2n) is 4.42. The minimum atomic E-state index is -0.680. The van der Waals surface area contributed by atoms with E-state index in [9.17, 15) is 9.59 Å². The van der Waals surface area contributed by atoms with Crippen LogP contribution in [0.15, 0.2) is 18.3 Å². The van der Waals surface area contributed by atoms with E-state index in [0.717, 1.165) is 0 Å². The molecule has 1 atom stereocenters. The highest BCUT2D eigenvalue weighted by Crippen LogP contribution is 2.21. The average molecular weight is 294 g/mol. The molecule has 7 nitrogen and oxygen atoms in total. The highest BCUT2D eigenvalue weighted by atomic mass is 16.6. The molecule has 7 heteroatoms. The van der Waals surface area contributed by atoms with Crippen molar-refractivity contribution in [3.8, 4) is 0 Å². The number of esters is 2. The summed E-state index contributed by atoms with van der Waals surface area (Å²) in [5, 5.41) is 0. The number of nitrogens with zero attached hydrogens (tertiary/aromatic N) is 2. The maximum Gasteiger partial charge on any atom is 0.341 e. The zero-order chi connectivity index (χ0) is 15.2. The lowest BCUT2D eigenvalue weighted by Crippen LogP contribution is -2.47. The number of morpholine rings is 1. The van der Waals surface area contributed by atoms with Crippen LogP contribution in [0.3, 0.4) is 0 Å². The molecule has 0 saturated carbocycles. The number of rotatable bonds is 4. The first-order valence-corrected chi connectivity index (χ1v) is 6.74. The molecule has 21 heavy (non-hydrogen) atoms. The highest BCUT2D eigenvalue weighted by molar-refractivity contribution is 5.94.